The third-order valence-corrected chi connectivity index (χ3v) is 7.92. The fraction of sp³-hybridized carbons (Fsp3) is 0.370. The zero-order valence-corrected chi connectivity index (χ0v) is 21.1. The Hall–Kier alpha value is -3.39. The van der Waals surface area contributed by atoms with Crippen LogP contribution in [0.1, 0.15) is 37.8 Å². The number of methoxy groups -OCH3 is 2. The van der Waals surface area contributed by atoms with E-state index < -0.39 is 0 Å². The molecule has 1 aliphatic heterocycles. The predicted molar refractivity (Wildman–Crippen MR) is 135 cm³/mol. The molecule has 1 N–H and O–H groups in total. The molecule has 2 aromatic carbocycles. The molecule has 1 aromatic heterocycles. The molecule has 2 aliphatic rings. The Labute approximate surface area is 209 Å². The van der Waals surface area contributed by atoms with E-state index in [4.69, 9.17) is 9.47 Å². The SMILES string of the molecule is COc1ccc(C(=O)NC[C@@H]2C3C[C@@H]3CN2C(=O)c2nc(C)sc2-c2cccc(C)c2)cc1OC. The molecule has 1 unspecified atom stereocenters. The highest BCUT2D eigenvalue weighted by atomic mass is 32.1. The monoisotopic (exact) mass is 491 g/mol. The van der Waals surface area contributed by atoms with Crippen LogP contribution in [0.4, 0.5) is 0 Å². The maximum atomic E-state index is 13.7. The van der Waals surface area contributed by atoms with Crippen LogP contribution in [0.15, 0.2) is 42.5 Å². The number of aromatic nitrogens is 1. The van der Waals surface area contributed by atoms with E-state index in [0.29, 0.717) is 47.7 Å². The van der Waals surface area contributed by atoms with Gasteiger partial charge in [0.2, 0.25) is 0 Å². The number of likely N-dealkylation sites (tertiary alicyclic amines) is 1. The Morgan fingerprint density at radius 3 is 2.66 bits per heavy atom. The van der Waals surface area contributed by atoms with E-state index in [1.165, 1.54) is 0 Å². The smallest absolute Gasteiger partial charge is 0.274 e. The highest BCUT2D eigenvalue weighted by Gasteiger charge is 2.54. The number of carbonyl (C=O) groups excluding carboxylic acids is 2. The summed E-state index contributed by atoms with van der Waals surface area (Å²) in [6.45, 7) is 5.10. The van der Waals surface area contributed by atoms with Gasteiger partial charge in [-0.05, 0) is 55.9 Å². The van der Waals surface area contributed by atoms with Gasteiger partial charge in [0.25, 0.3) is 11.8 Å². The summed E-state index contributed by atoms with van der Waals surface area (Å²) in [6, 6.07) is 13.2. The number of ether oxygens (including phenoxy) is 2. The van der Waals surface area contributed by atoms with Crippen LogP contribution in [0.3, 0.4) is 0 Å². The van der Waals surface area contributed by atoms with Crippen molar-refractivity contribution < 1.29 is 19.1 Å². The van der Waals surface area contributed by atoms with Crippen molar-refractivity contribution in [3.05, 3.63) is 64.3 Å². The van der Waals surface area contributed by atoms with Crippen LogP contribution >= 0.6 is 11.3 Å². The Morgan fingerprint density at radius 2 is 1.91 bits per heavy atom. The zero-order chi connectivity index (χ0) is 24.7. The van der Waals surface area contributed by atoms with Crippen LogP contribution < -0.4 is 14.8 Å². The zero-order valence-electron chi connectivity index (χ0n) is 20.3. The summed E-state index contributed by atoms with van der Waals surface area (Å²) in [7, 11) is 3.10. The first kappa shape index (κ1) is 23.4. The van der Waals surface area contributed by atoms with Crippen LogP contribution in [0, 0.1) is 25.7 Å². The number of nitrogens with one attached hydrogen (secondary N) is 1. The van der Waals surface area contributed by atoms with Gasteiger partial charge in [-0.1, -0.05) is 29.8 Å². The van der Waals surface area contributed by atoms with E-state index in [2.05, 4.69) is 16.4 Å². The third kappa shape index (κ3) is 4.50. The van der Waals surface area contributed by atoms with Crippen molar-refractivity contribution in [1.82, 2.24) is 15.2 Å². The predicted octanol–water partition coefficient (Wildman–Crippen LogP) is 4.33. The summed E-state index contributed by atoms with van der Waals surface area (Å²) in [6.07, 6.45) is 1.10. The molecule has 182 valence electrons. The van der Waals surface area contributed by atoms with Crippen LogP contribution in [0.2, 0.25) is 0 Å². The van der Waals surface area contributed by atoms with Crippen molar-refractivity contribution in [1.29, 1.82) is 0 Å². The van der Waals surface area contributed by atoms with E-state index in [-0.39, 0.29) is 17.9 Å². The van der Waals surface area contributed by atoms with E-state index in [0.717, 1.165) is 27.4 Å². The van der Waals surface area contributed by atoms with Crippen LogP contribution in [-0.4, -0.2) is 55.0 Å². The highest BCUT2D eigenvalue weighted by Crippen LogP contribution is 2.50. The molecule has 2 fully saturated rings. The third-order valence-electron chi connectivity index (χ3n) is 6.90. The molecule has 7 nitrogen and oxygen atoms in total. The van der Waals surface area contributed by atoms with Crippen molar-refractivity contribution >= 4 is 23.2 Å². The topological polar surface area (TPSA) is 80.8 Å². The van der Waals surface area contributed by atoms with Gasteiger partial charge in [-0.15, -0.1) is 11.3 Å². The lowest BCUT2D eigenvalue weighted by Crippen LogP contribution is -2.45. The second kappa shape index (κ2) is 9.34. The summed E-state index contributed by atoms with van der Waals surface area (Å²) in [5.41, 5.74) is 3.16. The minimum absolute atomic E-state index is 0.0380. The largest absolute Gasteiger partial charge is 0.493 e. The lowest BCUT2D eigenvalue weighted by atomic mass is 10.1. The van der Waals surface area contributed by atoms with Gasteiger partial charge in [-0.3, -0.25) is 9.59 Å². The van der Waals surface area contributed by atoms with Gasteiger partial charge in [-0.25, -0.2) is 4.98 Å². The molecule has 1 saturated heterocycles. The molecule has 1 saturated carbocycles. The maximum Gasteiger partial charge on any atom is 0.274 e. The molecule has 5 rings (SSSR count). The van der Waals surface area contributed by atoms with Crippen LogP contribution in [0.25, 0.3) is 10.4 Å². The summed E-state index contributed by atoms with van der Waals surface area (Å²) >= 11 is 1.55. The van der Waals surface area contributed by atoms with E-state index in [1.54, 1.807) is 43.8 Å². The standard InChI is InChI=1S/C27H29N3O4S/c1-15-6-5-7-17(10-15)25-24(29-16(2)35-25)27(32)30-14-19-11-20(19)21(30)13-28-26(31)18-8-9-22(33-3)23(12-18)34-4/h5-10,12,19-21H,11,13-14H2,1-4H3,(H,28,31)/t19-,20?,21-/m1/s1. The first-order valence-electron chi connectivity index (χ1n) is 11.7. The van der Waals surface area contributed by atoms with Crippen LogP contribution in [-0.2, 0) is 0 Å². The first-order valence-corrected chi connectivity index (χ1v) is 12.6. The second-order valence-corrected chi connectivity index (χ2v) is 10.4. The fourth-order valence-electron chi connectivity index (χ4n) is 5.03. The number of thiazole rings is 1. The summed E-state index contributed by atoms with van der Waals surface area (Å²) in [5, 5.41) is 3.90. The lowest BCUT2D eigenvalue weighted by molar-refractivity contribution is 0.0690. The molecule has 2 amide bonds. The quantitative estimate of drug-likeness (QED) is 0.532. The van der Waals surface area contributed by atoms with Crippen molar-refractivity contribution in [2.75, 3.05) is 27.3 Å². The molecular formula is C27H29N3O4S. The minimum Gasteiger partial charge on any atom is -0.493 e. The molecule has 35 heavy (non-hydrogen) atoms. The minimum atomic E-state index is -0.201. The molecule has 1 aliphatic carbocycles. The first-order chi connectivity index (χ1) is 16.9. The number of fused-ring (bicyclic) bond motifs is 1. The highest BCUT2D eigenvalue weighted by molar-refractivity contribution is 7.15. The Bertz CT molecular complexity index is 1290. The summed E-state index contributed by atoms with van der Waals surface area (Å²) in [4.78, 5) is 34.1. The fourth-order valence-corrected chi connectivity index (χ4v) is 5.94. The van der Waals surface area contributed by atoms with E-state index in [1.807, 2.05) is 36.9 Å². The van der Waals surface area contributed by atoms with Crippen LogP contribution in [0.5, 0.6) is 11.5 Å². The number of nitrogens with zero attached hydrogens (tertiary/aromatic N) is 2. The second-order valence-electron chi connectivity index (χ2n) is 9.24. The van der Waals surface area contributed by atoms with Gasteiger partial charge in [-0.2, -0.15) is 0 Å². The molecule has 0 radical (unpaired) electrons. The van der Waals surface area contributed by atoms with Gasteiger partial charge in [0.05, 0.1) is 30.1 Å². The average molecular weight is 492 g/mol. The summed E-state index contributed by atoms with van der Waals surface area (Å²) < 4.78 is 10.6. The Balaban J connectivity index is 1.33. The number of piperidine rings is 1. The number of hydrogen-bond acceptors (Lipinski definition) is 6. The molecule has 2 heterocycles. The average Bonchev–Trinajstić information content (AvgIpc) is 3.37. The number of amides is 2. The number of aryl methyl sites for hydroxylation is 2. The Kier molecular flexibility index (Phi) is 6.23. The molecular weight excluding hydrogens is 462 g/mol. The van der Waals surface area contributed by atoms with Gasteiger partial charge >= 0.3 is 0 Å². The number of benzene rings is 2. The van der Waals surface area contributed by atoms with E-state index in [9.17, 15) is 9.59 Å². The summed E-state index contributed by atoms with van der Waals surface area (Å²) in [5.74, 6) is 1.75. The van der Waals surface area contributed by atoms with Gasteiger partial charge in [0.1, 0.15) is 5.69 Å². The molecule has 0 spiro atoms. The van der Waals surface area contributed by atoms with Crippen molar-refractivity contribution in [2.45, 2.75) is 26.3 Å². The van der Waals surface area contributed by atoms with Gasteiger partial charge in [0.15, 0.2) is 11.5 Å². The number of hydrogen-bond donors (Lipinski definition) is 1. The van der Waals surface area contributed by atoms with Crippen molar-refractivity contribution in [3.63, 3.8) is 0 Å². The number of carbonyl (C=O) groups is 2. The molecule has 3 aromatic rings. The van der Waals surface area contributed by atoms with Gasteiger partial charge < -0.3 is 19.7 Å². The van der Waals surface area contributed by atoms with Gasteiger partial charge in [0, 0.05) is 18.7 Å². The van der Waals surface area contributed by atoms with Crippen molar-refractivity contribution in [2.24, 2.45) is 11.8 Å². The normalized spacial score (nSPS) is 20.3. The lowest BCUT2D eigenvalue weighted by Gasteiger charge is -2.27. The van der Waals surface area contributed by atoms with Crippen molar-refractivity contribution in [3.8, 4) is 21.9 Å². The maximum absolute atomic E-state index is 13.7. The molecule has 3 atom stereocenters. The number of rotatable bonds is 7. The molecule has 8 heteroatoms. The molecule has 0 bridgehead atoms. The Morgan fingerprint density at radius 1 is 1.11 bits per heavy atom. The van der Waals surface area contributed by atoms with E-state index >= 15 is 0 Å².